The number of nitrogens with one attached hydrogen (secondary N) is 1. The third-order valence-electron chi connectivity index (χ3n) is 3.58. The molecule has 2 aromatic carbocycles. The first kappa shape index (κ1) is 15.9. The zero-order chi connectivity index (χ0) is 16.9. The monoisotopic (exact) mass is 321 g/mol. The van der Waals surface area contributed by atoms with Gasteiger partial charge < -0.3 is 9.73 Å². The highest BCUT2D eigenvalue weighted by Crippen LogP contribution is 2.25. The first-order valence-electron chi connectivity index (χ1n) is 7.96. The zero-order valence-corrected chi connectivity index (χ0v) is 13.7. The van der Waals surface area contributed by atoms with Crippen LogP contribution >= 0.6 is 0 Å². The van der Waals surface area contributed by atoms with E-state index >= 15 is 0 Å². The van der Waals surface area contributed by atoms with Gasteiger partial charge in [0.25, 0.3) is 0 Å². The average molecular weight is 321 g/mol. The Bertz CT molecular complexity index is 838. The lowest BCUT2D eigenvalue weighted by molar-refractivity contribution is -0.116. The number of hydrogen-bond donors (Lipinski definition) is 1. The molecule has 0 saturated heterocycles. The first-order chi connectivity index (χ1) is 11.7. The van der Waals surface area contributed by atoms with Crippen LogP contribution in [0.2, 0.25) is 0 Å². The quantitative estimate of drug-likeness (QED) is 0.754. The van der Waals surface area contributed by atoms with Gasteiger partial charge in [-0.15, -0.1) is 10.2 Å². The van der Waals surface area contributed by atoms with Crippen LogP contribution in [0.1, 0.15) is 25.3 Å². The summed E-state index contributed by atoms with van der Waals surface area (Å²) in [5, 5.41) is 11.1. The number of hydrogen-bond acceptors (Lipinski definition) is 4. The molecule has 5 nitrogen and oxygen atoms in total. The highest BCUT2D eigenvalue weighted by molar-refractivity contribution is 5.90. The Hall–Kier alpha value is -2.95. The Balaban J connectivity index is 1.77. The molecule has 0 saturated carbocycles. The lowest BCUT2D eigenvalue weighted by atomic mass is 10.1. The molecule has 24 heavy (non-hydrogen) atoms. The van der Waals surface area contributed by atoms with Crippen LogP contribution in [-0.2, 0) is 4.79 Å². The van der Waals surface area contributed by atoms with E-state index in [2.05, 4.69) is 15.5 Å². The van der Waals surface area contributed by atoms with Crippen molar-refractivity contribution in [2.24, 2.45) is 0 Å². The van der Waals surface area contributed by atoms with Crippen LogP contribution < -0.4 is 5.32 Å². The summed E-state index contributed by atoms with van der Waals surface area (Å²) in [7, 11) is 0. The molecule has 0 aliphatic rings. The predicted molar refractivity (Wildman–Crippen MR) is 93.4 cm³/mol. The van der Waals surface area contributed by atoms with Gasteiger partial charge in [0, 0.05) is 23.2 Å². The number of anilines is 1. The normalized spacial score (nSPS) is 10.6. The molecule has 0 spiro atoms. The summed E-state index contributed by atoms with van der Waals surface area (Å²) in [5.74, 6) is 0.969. The molecule has 3 rings (SSSR count). The number of benzene rings is 2. The minimum Gasteiger partial charge on any atom is -0.416 e. The molecule has 0 unspecified atom stereocenters. The van der Waals surface area contributed by atoms with Crippen molar-refractivity contribution in [1.82, 2.24) is 10.2 Å². The third-order valence-corrected chi connectivity index (χ3v) is 3.58. The number of rotatable bonds is 5. The van der Waals surface area contributed by atoms with Gasteiger partial charge in [0.05, 0.1) is 0 Å². The summed E-state index contributed by atoms with van der Waals surface area (Å²) in [5.41, 5.74) is 3.61. The van der Waals surface area contributed by atoms with E-state index in [-0.39, 0.29) is 5.91 Å². The molecule has 0 aliphatic heterocycles. The van der Waals surface area contributed by atoms with Crippen LogP contribution in [0.5, 0.6) is 0 Å². The van der Waals surface area contributed by atoms with Crippen LogP contribution in [0, 0.1) is 6.92 Å². The van der Waals surface area contributed by atoms with Crippen molar-refractivity contribution < 1.29 is 9.21 Å². The van der Waals surface area contributed by atoms with E-state index in [1.54, 1.807) is 0 Å². The summed E-state index contributed by atoms with van der Waals surface area (Å²) in [4.78, 5) is 11.6. The van der Waals surface area contributed by atoms with Gasteiger partial charge in [-0.25, -0.2) is 0 Å². The van der Waals surface area contributed by atoms with Crippen molar-refractivity contribution in [3.8, 4) is 22.9 Å². The van der Waals surface area contributed by atoms with Crippen molar-refractivity contribution in [1.29, 1.82) is 0 Å². The minimum absolute atomic E-state index is 0.0183. The van der Waals surface area contributed by atoms with Gasteiger partial charge in [-0.1, -0.05) is 24.6 Å². The maximum absolute atomic E-state index is 11.6. The molecule has 1 N–H and O–H groups in total. The Morgan fingerprint density at radius 3 is 2.42 bits per heavy atom. The van der Waals surface area contributed by atoms with Gasteiger partial charge in [0.2, 0.25) is 17.7 Å². The SMILES string of the molecule is CCCC(=O)Nc1ccc(-c2nnc(-c3cccc(C)c3)o2)cc1. The van der Waals surface area contributed by atoms with E-state index in [4.69, 9.17) is 4.42 Å². The molecular formula is C19H19N3O2. The standard InChI is InChI=1S/C19H19N3O2/c1-3-5-17(23)20-16-10-8-14(9-11-16)18-21-22-19(24-18)15-7-4-6-13(2)12-15/h4,6-12H,3,5H2,1-2H3,(H,20,23). The van der Waals surface area contributed by atoms with Crippen LogP contribution in [0.4, 0.5) is 5.69 Å². The maximum atomic E-state index is 11.6. The molecule has 3 aromatic rings. The summed E-state index contributed by atoms with van der Waals surface area (Å²) >= 11 is 0. The van der Waals surface area contributed by atoms with Crippen LogP contribution in [-0.4, -0.2) is 16.1 Å². The number of amides is 1. The van der Waals surface area contributed by atoms with Crippen LogP contribution in [0.25, 0.3) is 22.9 Å². The van der Waals surface area contributed by atoms with E-state index in [1.807, 2.05) is 62.4 Å². The number of carbonyl (C=O) groups is 1. The number of aryl methyl sites for hydroxylation is 1. The van der Waals surface area contributed by atoms with Gasteiger partial charge >= 0.3 is 0 Å². The van der Waals surface area contributed by atoms with E-state index < -0.39 is 0 Å². The number of carbonyl (C=O) groups excluding carboxylic acids is 1. The smallest absolute Gasteiger partial charge is 0.248 e. The molecule has 0 fully saturated rings. The van der Waals surface area contributed by atoms with Crippen molar-refractivity contribution in [3.63, 3.8) is 0 Å². The Labute approximate surface area is 140 Å². The zero-order valence-electron chi connectivity index (χ0n) is 13.7. The molecule has 0 bridgehead atoms. The molecular weight excluding hydrogens is 302 g/mol. The molecule has 0 atom stereocenters. The fourth-order valence-corrected chi connectivity index (χ4v) is 2.38. The van der Waals surface area contributed by atoms with E-state index in [1.165, 1.54) is 0 Å². The summed E-state index contributed by atoms with van der Waals surface area (Å²) in [6, 6.07) is 15.3. The summed E-state index contributed by atoms with van der Waals surface area (Å²) in [6.07, 6.45) is 1.35. The summed E-state index contributed by atoms with van der Waals surface area (Å²) < 4.78 is 5.76. The van der Waals surface area contributed by atoms with Gasteiger partial charge in [-0.2, -0.15) is 0 Å². The van der Waals surface area contributed by atoms with Crippen molar-refractivity contribution in [2.75, 3.05) is 5.32 Å². The lowest BCUT2D eigenvalue weighted by Gasteiger charge is -2.04. The second-order valence-corrected chi connectivity index (χ2v) is 5.66. The Morgan fingerprint density at radius 2 is 1.75 bits per heavy atom. The lowest BCUT2D eigenvalue weighted by Crippen LogP contribution is -2.10. The first-order valence-corrected chi connectivity index (χ1v) is 7.96. The topological polar surface area (TPSA) is 68.0 Å². The second kappa shape index (κ2) is 7.08. The molecule has 5 heteroatoms. The fourth-order valence-electron chi connectivity index (χ4n) is 2.38. The second-order valence-electron chi connectivity index (χ2n) is 5.66. The molecule has 1 heterocycles. The number of nitrogens with zero attached hydrogens (tertiary/aromatic N) is 2. The van der Waals surface area contributed by atoms with E-state index in [9.17, 15) is 4.79 Å². The summed E-state index contributed by atoms with van der Waals surface area (Å²) in [6.45, 7) is 4.00. The van der Waals surface area contributed by atoms with Gasteiger partial charge in [-0.05, 0) is 49.7 Å². The van der Waals surface area contributed by atoms with Crippen LogP contribution in [0.15, 0.2) is 52.9 Å². The highest BCUT2D eigenvalue weighted by atomic mass is 16.4. The maximum Gasteiger partial charge on any atom is 0.248 e. The van der Waals surface area contributed by atoms with Gasteiger partial charge in [-0.3, -0.25) is 4.79 Å². The molecule has 122 valence electrons. The fraction of sp³-hybridized carbons (Fsp3) is 0.211. The highest BCUT2D eigenvalue weighted by Gasteiger charge is 2.11. The largest absolute Gasteiger partial charge is 0.416 e. The predicted octanol–water partition coefficient (Wildman–Crippen LogP) is 4.45. The van der Waals surface area contributed by atoms with Crippen molar-refractivity contribution in [3.05, 3.63) is 54.1 Å². The minimum atomic E-state index is 0.0183. The van der Waals surface area contributed by atoms with Crippen molar-refractivity contribution in [2.45, 2.75) is 26.7 Å². The average Bonchev–Trinajstić information content (AvgIpc) is 3.06. The third kappa shape index (κ3) is 3.68. The van der Waals surface area contributed by atoms with E-state index in [0.717, 1.165) is 28.8 Å². The molecule has 0 radical (unpaired) electrons. The van der Waals surface area contributed by atoms with Crippen molar-refractivity contribution >= 4 is 11.6 Å². The Morgan fingerprint density at radius 1 is 1.04 bits per heavy atom. The molecule has 1 amide bonds. The van der Waals surface area contributed by atoms with Gasteiger partial charge in [0.1, 0.15) is 0 Å². The number of aromatic nitrogens is 2. The molecule has 0 aliphatic carbocycles. The van der Waals surface area contributed by atoms with Crippen LogP contribution in [0.3, 0.4) is 0 Å². The molecule has 1 aromatic heterocycles. The Kier molecular flexibility index (Phi) is 4.70. The van der Waals surface area contributed by atoms with E-state index in [0.29, 0.717) is 18.2 Å². The van der Waals surface area contributed by atoms with Gasteiger partial charge in [0.15, 0.2) is 0 Å².